The van der Waals surface area contributed by atoms with Gasteiger partial charge in [-0.3, -0.25) is 4.79 Å². The zero-order valence-corrected chi connectivity index (χ0v) is 12.0. The van der Waals surface area contributed by atoms with E-state index in [1.54, 1.807) is 0 Å². The summed E-state index contributed by atoms with van der Waals surface area (Å²) in [6.07, 6.45) is 0. The van der Waals surface area contributed by atoms with Crippen LogP contribution in [0.25, 0.3) is 0 Å². The standard InChI is InChI=1S/C12H5Cl3N4O/c13-8-2-1-6(5-16)3-9(8)17-12(20)7-4-10(14)18-19-11(7)15/h1-4H,(H,17,20). The van der Waals surface area contributed by atoms with Crippen LogP contribution in [0.4, 0.5) is 5.69 Å². The number of nitriles is 1. The molecule has 0 fully saturated rings. The number of hydrogen-bond donors (Lipinski definition) is 1. The lowest BCUT2D eigenvalue weighted by atomic mass is 10.2. The number of carbonyl (C=O) groups is 1. The van der Waals surface area contributed by atoms with Crippen molar-refractivity contribution < 1.29 is 4.79 Å². The molecular formula is C12H5Cl3N4O. The van der Waals surface area contributed by atoms with Gasteiger partial charge in [-0.05, 0) is 24.3 Å². The van der Waals surface area contributed by atoms with Crippen LogP contribution in [0, 0.1) is 11.3 Å². The average Bonchev–Trinajstić information content (AvgIpc) is 2.43. The van der Waals surface area contributed by atoms with Gasteiger partial charge in [0.2, 0.25) is 0 Å². The lowest BCUT2D eigenvalue weighted by Crippen LogP contribution is -2.14. The van der Waals surface area contributed by atoms with E-state index in [0.717, 1.165) is 0 Å². The molecule has 2 rings (SSSR count). The van der Waals surface area contributed by atoms with Gasteiger partial charge in [0.25, 0.3) is 5.91 Å². The highest BCUT2D eigenvalue weighted by atomic mass is 35.5. The molecule has 1 aromatic heterocycles. The Balaban J connectivity index is 2.33. The topological polar surface area (TPSA) is 78.7 Å². The third-order valence-corrected chi connectivity index (χ3v) is 3.10. The molecule has 1 N–H and O–H groups in total. The molecule has 5 nitrogen and oxygen atoms in total. The minimum Gasteiger partial charge on any atom is -0.320 e. The number of halogens is 3. The molecule has 1 amide bonds. The fraction of sp³-hybridized carbons (Fsp3) is 0. The van der Waals surface area contributed by atoms with E-state index in [0.29, 0.717) is 16.3 Å². The Kier molecular flexibility index (Phi) is 4.40. The number of nitrogens with one attached hydrogen (secondary N) is 1. The fourth-order valence-corrected chi connectivity index (χ4v) is 1.88. The lowest BCUT2D eigenvalue weighted by molar-refractivity contribution is 0.102. The van der Waals surface area contributed by atoms with Gasteiger partial charge >= 0.3 is 0 Å². The molecule has 0 atom stereocenters. The first-order valence-corrected chi connectivity index (χ1v) is 6.34. The summed E-state index contributed by atoms with van der Waals surface area (Å²) in [5, 5.41) is 18.6. The van der Waals surface area contributed by atoms with Crippen molar-refractivity contribution in [2.24, 2.45) is 0 Å². The van der Waals surface area contributed by atoms with Crippen molar-refractivity contribution in [1.29, 1.82) is 5.26 Å². The van der Waals surface area contributed by atoms with E-state index in [-0.39, 0.29) is 15.9 Å². The van der Waals surface area contributed by atoms with Gasteiger partial charge in [0.05, 0.1) is 27.9 Å². The fourth-order valence-electron chi connectivity index (χ4n) is 1.39. The third kappa shape index (κ3) is 3.17. The minimum atomic E-state index is -0.552. The quantitative estimate of drug-likeness (QED) is 0.914. The van der Waals surface area contributed by atoms with Gasteiger partial charge in [-0.15, -0.1) is 10.2 Å². The number of benzene rings is 1. The maximum Gasteiger partial charge on any atom is 0.259 e. The summed E-state index contributed by atoms with van der Waals surface area (Å²) < 4.78 is 0. The number of rotatable bonds is 2. The normalized spacial score (nSPS) is 9.90. The Morgan fingerprint density at radius 3 is 2.65 bits per heavy atom. The highest BCUT2D eigenvalue weighted by molar-refractivity contribution is 6.36. The van der Waals surface area contributed by atoms with Crippen LogP contribution in [-0.2, 0) is 0 Å². The number of carbonyl (C=O) groups excluding carboxylic acids is 1. The van der Waals surface area contributed by atoms with Crippen LogP contribution in [0.15, 0.2) is 24.3 Å². The SMILES string of the molecule is N#Cc1ccc(Cl)c(NC(=O)c2cc(Cl)nnc2Cl)c1. The molecule has 0 aliphatic carbocycles. The van der Waals surface area contributed by atoms with Crippen LogP contribution >= 0.6 is 34.8 Å². The molecule has 0 bridgehead atoms. The average molecular weight is 328 g/mol. The summed E-state index contributed by atoms with van der Waals surface area (Å²) in [6.45, 7) is 0. The van der Waals surface area contributed by atoms with Crippen molar-refractivity contribution in [2.45, 2.75) is 0 Å². The molecular weight excluding hydrogens is 323 g/mol. The minimum absolute atomic E-state index is 0.0384. The zero-order valence-electron chi connectivity index (χ0n) is 9.69. The summed E-state index contributed by atoms with van der Waals surface area (Å²) in [7, 11) is 0. The predicted molar refractivity (Wildman–Crippen MR) is 76.2 cm³/mol. The first-order chi connectivity index (χ1) is 9.51. The second kappa shape index (κ2) is 6.06. The Morgan fingerprint density at radius 2 is 1.95 bits per heavy atom. The molecule has 0 aliphatic rings. The Morgan fingerprint density at radius 1 is 1.20 bits per heavy atom. The van der Waals surface area contributed by atoms with E-state index in [9.17, 15) is 4.79 Å². The molecule has 1 aromatic carbocycles. The van der Waals surface area contributed by atoms with Crippen LogP contribution < -0.4 is 5.32 Å². The van der Waals surface area contributed by atoms with Crippen LogP contribution in [-0.4, -0.2) is 16.1 Å². The molecule has 0 saturated heterocycles. The van der Waals surface area contributed by atoms with E-state index in [2.05, 4.69) is 15.5 Å². The molecule has 8 heteroatoms. The molecule has 2 aromatic rings. The monoisotopic (exact) mass is 326 g/mol. The third-order valence-electron chi connectivity index (χ3n) is 2.31. The summed E-state index contributed by atoms with van der Waals surface area (Å²) in [5.74, 6) is -0.552. The molecule has 1 heterocycles. The van der Waals surface area contributed by atoms with Crippen molar-refractivity contribution in [3.8, 4) is 6.07 Å². The van der Waals surface area contributed by atoms with Gasteiger partial charge in [0.15, 0.2) is 10.3 Å². The van der Waals surface area contributed by atoms with Gasteiger partial charge in [-0.25, -0.2) is 0 Å². The number of nitrogens with zero attached hydrogens (tertiary/aromatic N) is 3. The zero-order chi connectivity index (χ0) is 14.7. The molecule has 0 aliphatic heterocycles. The van der Waals surface area contributed by atoms with Crippen molar-refractivity contribution in [1.82, 2.24) is 10.2 Å². The smallest absolute Gasteiger partial charge is 0.259 e. The van der Waals surface area contributed by atoms with Gasteiger partial charge in [-0.1, -0.05) is 34.8 Å². The summed E-state index contributed by atoms with van der Waals surface area (Å²) in [5.41, 5.74) is 0.714. The van der Waals surface area contributed by atoms with E-state index >= 15 is 0 Å². The second-order valence-electron chi connectivity index (χ2n) is 3.63. The van der Waals surface area contributed by atoms with Gasteiger partial charge in [0.1, 0.15) is 0 Å². The van der Waals surface area contributed by atoms with Crippen LogP contribution in [0.3, 0.4) is 0 Å². The van der Waals surface area contributed by atoms with Crippen LogP contribution in [0.2, 0.25) is 15.3 Å². The maximum atomic E-state index is 12.1. The number of amides is 1. The predicted octanol–water partition coefficient (Wildman–Crippen LogP) is 3.56. The highest BCUT2D eigenvalue weighted by Gasteiger charge is 2.15. The number of anilines is 1. The van der Waals surface area contributed by atoms with Gasteiger partial charge in [0, 0.05) is 0 Å². The van der Waals surface area contributed by atoms with E-state index < -0.39 is 5.91 Å². The van der Waals surface area contributed by atoms with Crippen molar-refractivity contribution in [3.05, 3.63) is 50.7 Å². The number of aromatic nitrogens is 2. The van der Waals surface area contributed by atoms with Gasteiger partial charge < -0.3 is 5.32 Å². The molecule has 0 saturated carbocycles. The van der Waals surface area contributed by atoms with Crippen molar-refractivity contribution in [2.75, 3.05) is 5.32 Å². The first-order valence-electron chi connectivity index (χ1n) is 5.21. The second-order valence-corrected chi connectivity index (χ2v) is 4.78. The lowest BCUT2D eigenvalue weighted by Gasteiger charge is -2.08. The molecule has 0 unspecified atom stereocenters. The molecule has 0 spiro atoms. The Bertz CT molecular complexity index is 727. The van der Waals surface area contributed by atoms with E-state index in [1.807, 2.05) is 6.07 Å². The highest BCUT2D eigenvalue weighted by Crippen LogP contribution is 2.24. The molecule has 20 heavy (non-hydrogen) atoms. The first kappa shape index (κ1) is 14.5. The Hall–Kier alpha value is -1.87. The van der Waals surface area contributed by atoms with Crippen LogP contribution in [0.1, 0.15) is 15.9 Å². The molecule has 0 radical (unpaired) electrons. The van der Waals surface area contributed by atoms with E-state index in [1.165, 1.54) is 24.3 Å². The maximum absolute atomic E-state index is 12.1. The summed E-state index contributed by atoms with van der Waals surface area (Å²) in [4.78, 5) is 12.1. The van der Waals surface area contributed by atoms with Crippen molar-refractivity contribution >= 4 is 46.4 Å². The van der Waals surface area contributed by atoms with Crippen molar-refractivity contribution in [3.63, 3.8) is 0 Å². The summed E-state index contributed by atoms with van der Waals surface area (Å²) >= 11 is 17.4. The van der Waals surface area contributed by atoms with Gasteiger partial charge in [-0.2, -0.15) is 5.26 Å². The largest absolute Gasteiger partial charge is 0.320 e. The summed E-state index contributed by atoms with van der Waals surface area (Å²) in [6, 6.07) is 7.73. The number of hydrogen-bond acceptors (Lipinski definition) is 4. The molecule has 100 valence electrons. The Labute approximate surface area is 129 Å². The van der Waals surface area contributed by atoms with Crippen LogP contribution in [0.5, 0.6) is 0 Å². The van der Waals surface area contributed by atoms with E-state index in [4.69, 9.17) is 40.1 Å².